The van der Waals surface area contributed by atoms with E-state index < -0.39 is 10.0 Å². The first-order valence-electron chi connectivity index (χ1n) is 7.22. The van der Waals surface area contributed by atoms with Gasteiger partial charge in [0.1, 0.15) is 0 Å². The van der Waals surface area contributed by atoms with Crippen LogP contribution < -0.4 is 4.72 Å². The van der Waals surface area contributed by atoms with Crippen LogP contribution in [0.5, 0.6) is 0 Å². The monoisotopic (exact) mass is 337 g/mol. The van der Waals surface area contributed by atoms with Gasteiger partial charge in [0.15, 0.2) is 0 Å². The topological polar surface area (TPSA) is 46.2 Å². The molecule has 0 amide bonds. The van der Waals surface area contributed by atoms with Crippen molar-refractivity contribution in [2.24, 2.45) is 0 Å². The number of halogens is 1. The molecule has 118 valence electrons. The molecule has 3 nitrogen and oxygen atoms in total. The van der Waals surface area contributed by atoms with Crippen LogP contribution >= 0.6 is 11.6 Å². The van der Waals surface area contributed by atoms with E-state index in [1.54, 1.807) is 24.3 Å². The Morgan fingerprint density at radius 3 is 2.50 bits per heavy atom. The Morgan fingerprint density at radius 2 is 1.77 bits per heavy atom. The summed E-state index contributed by atoms with van der Waals surface area (Å²) in [5, 5.41) is 0.548. The second kappa shape index (κ2) is 7.77. The molecule has 0 atom stereocenters. The van der Waals surface area contributed by atoms with E-state index in [2.05, 4.69) is 29.8 Å². The van der Waals surface area contributed by atoms with Crippen molar-refractivity contribution in [1.82, 2.24) is 4.72 Å². The third kappa shape index (κ3) is 5.79. The molecule has 5 heteroatoms. The molecule has 0 heterocycles. The molecule has 1 N–H and O–H groups in total. The molecule has 0 aliphatic carbocycles. The number of sulfonamides is 1. The summed E-state index contributed by atoms with van der Waals surface area (Å²) < 4.78 is 26.7. The lowest BCUT2D eigenvalue weighted by molar-refractivity contribution is 0.578. The highest BCUT2D eigenvalue weighted by Gasteiger charge is 2.11. The van der Waals surface area contributed by atoms with Gasteiger partial charge in [-0.15, -0.1) is 0 Å². The Kier molecular flexibility index (Phi) is 6.00. The summed E-state index contributed by atoms with van der Waals surface area (Å²) in [6, 6.07) is 15.2. The second-order valence-corrected chi connectivity index (χ2v) is 7.62. The molecule has 0 aliphatic rings. The van der Waals surface area contributed by atoms with E-state index in [0.29, 0.717) is 17.1 Å². The Morgan fingerprint density at radius 1 is 1.05 bits per heavy atom. The first kappa shape index (κ1) is 17.0. The van der Waals surface area contributed by atoms with Crippen LogP contribution in [0, 0.1) is 6.92 Å². The fourth-order valence-corrected chi connectivity index (χ4v) is 3.67. The normalized spacial score (nSPS) is 11.5. The maximum atomic E-state index is 12.0. The molecular weight excluding hydrogens is 318 g/mol. The van der Waals surface area contributed by atoms with Crippen molar-refractivity contribution < 1.29 is 8.42 Å². The summed E-state index contributed by atoms with van der Waals surface area (Å²) in [7, 11) is -3.32. The van der Waals surface area contributed by atoms with Crippen molar-refractivity contribution in [3.05, 3.63) is 70.2 Å². The molecule has 0 bridgehead atoms. The standard InChI is InChI=1S/C17H20ClNO2S/c1-14-5-2-6-15(11-14)8-4-10-19-22(20,21)13-16-7-3-9-17(18)12-16/h2-3,5-7,9,11-12,19H,4,8,10,13H2,1H3. The number of rotatable bonds is 7. The van der Waals surface area contributed by atoms with Gasteiger partial charge in [0, 0.05) is 11.6 Å². The third-order valence-corrected chi connectivity index (χ3v) is 4.88. The molecule has 0 saturated heterocycles. The number of hydrogen-bond donors (Lipinski definition) is 1. The van der Waals surface area contributed by atoms with Crippen molar-refractivity contribution in [2.45, 2.75) is 25.5 Å². The fraction of sp³-hybridized carbons (Fsp3) is 0.294. The third-order valence-electron chi connectivity index (χ3n) is 3.29. The van der Waals surface area contributed by atoms with Crippen molar-refractivity contribution in [3.8, 4) is 0 Å². The van der Waals surface area contributed by atoms with E-state index in [1.807, 2.05) is 6.07 Å². The number of benzene rings is 2. The predicted molar refractivity (Wildman–Crippen MR) is 91.6 cm³/mol. The van der Waals surface area contributed by atoms with E-state index in [4.69, 9.17) is 11.6 Å². The highest BCUT2D eigenvalue weighted by Crippen LogP contribution is 2.13. The minimum atomic E-state index is -3.32. The Balaban J connectivity index is 1.80. The summed E-state index contributed by atoms with van der Waals surface area (Å²) in [4.78, 5) is 0. The molecule has 0 saturated carbocycles. The molecule has 0 aromatic heterocycles. The predicted octanol–water partition coefficient (Wildman–Crippen LogP) is 3.70. The highest BCUT2D eigenvalue weighted by atomic mass is 35.5. The zero-order valence-electron chi connectivity index (χ0n) is 12.5. The van der Waals surface area contributed by atoms with Crippen molar-refractivity contribution in [3.63, 3.8) is 0 Å². The van der Waals surface area contributed by atoms with Gasteiger partial charge in [-0.3, -0.25) is 0 Å². The highest BCUT2D eigenvalue weighted by molar-refractivity contribution is 7.88. The molecule has 2 aromatic carbocycles. The molecule has 0 aliphatic heterocycles. The Labute approximate surface area is 137 Å². The fourth-order valence-electron chi connectivity index (χ4n) is 2.29. The van der Waals surface area contributed by atoms with Gasteiger partial charge >= 0.3 is 0 Å². The smallest absolute Gasteiger partial charge is 0.215 e. The molecule has 0 spiro atoms. The van der Waals surface area contributed by atoms with E-state index >= 15 is 0 Å². The quantitative estimate of drug-likeness (QED) is 0.783. The number of hydrogen-bond acceptors (Lipinski definition) is 2. The van der Waals surface area contributed by atoms with Crippen LogP contribution in [0.3, 0.4) is 0 Å². The zero-order valence-corrected chi connectivity index (χ0v) is 14.1. The van der Waals surface area contributed by atoms with Gasteiger partial charge < -0.3 is 0 Å². The van der Waals surface area contributed by atoms with Crippen molar-refractivity contribution in [2.75, 3.05) is 6.54 Å². The summed E-state index contributed by atoms with van der Waals surface area (Å²) in [5.41, 5.74) is 3.15. The average molecular weight is 338 g/mol. The lowest BCUT2D eigenvalue weighted by Gasteiger charge is -2.07. The minimum Gasteiger partial charge on any atom is -0.215 e. The van der Waals surface area contributed by atoms with Gasteiger partial charge in [-0.1, -0.05) is 53.6 Å². The van der Waals surface area contributed by atoms with Crippen LogP contribution in [-0.4, -0.2) is 15.0 Å². The van der Waals surface area contributed by atoms with Crippen LogP contribution in [0.4, 0.5) is 0 Å². The first-order valence-corrected chi connectivity index (χ1v) is 9.25. The Bertz CT molecular complexity index is 729. The second-order valence-electron chi connectivity index (χ2n) is 5.38. The van der Waals surface area contributed by atoms with Gasteiger partial charge in [-0.05, 0) is 43.0 Å². The van der Waals surface area contributed by atoms with Crippen molar-refractivity contribution in [1.29, 1.82) is 0 Å². The Hall–Kier alpha value is -1.36. The van der Waals surface area contributed by atoms with Crippen LogP contribution in [0.25, 0.3) is 0 Å². The molecule has 0 radical (unpaired) electrons. The van der Waals surface area contributed by atoms with Gasteiger partial charge in [-0.25, -0.2) is 13.1 Å². The molecule has 0 fully saturated rings. The van der Waals surface area contributed by atoms with Crippen LogP contribution in [0.2, 0.25) is 5.02 Å². The summed E-state index contributed by atoms with van der Waals surface area (Å²) in [6.07, 6.45) is 1.64. The molecule has 2 rings (SSSR count). The van der Waals surface area contributed by atoms with Gasteiger partial charge in [0.2, 0.25) is 10.0 Å². The maximum absolute atomic E-state index is 12.0. The van der Waals surface area contributed by atoms with Crippen LogP contribution in [0.1, 0.15) is 23.1 Å². The molecular formula is C17H20ClNO2S. The summed E-state index contributed by atoms with van der Waals surface area (Å²) in [5.74, 6) is -0.0436. The van der Waals surface area contributed by atoms with Gasteiger partial charge in [0.05, 0.1) is 5.75 Å². The first-order chi connectivity index (χ1) is 10.4. The lowest BCUT2D eigenvalue weighted by atomic mass is 10.1. The largest absolute Gasteiger partial charge is 0.215 e. The van der Waals surface area contributed by atoms with Crippen LogP contribution in [-0.2, 0) is 22.2 Å². The summed E-state index contributed by atoms with van der Waals surface area (Å²) in [6.45, 7) is 2.49. The number of nitrogens with one attached hydrogen (secondary N) is 1. The van der Waals surface area contributed by atoms with Crippen LogP contribution in [0.15, 0.2) is 48.5 Å². The molecule has 22 heavy (non-hydrogen) atoms. The van der Waals surface area contributed by atoms with E-state index in [0.717, 1.165) is 12.8 Å². The minimum absolute atomic E-state index is 0.0436. The molecule has 0 unspecified atom stereocenters. The lowest BCUT2D eigenvalue weighted by Crippen LogP contribution is -2.26. The SMILES string of the molecule is Cc1cccc(CCCNS(=O)(=O)Cc2cccc(Cl)c2)c1. The number of aryl methyl sites for hydroxylation is 2. The van der Waals surface area contributed by atoms with E-state index in [-0.39, 0.29) is 5.75 Å². The van der Waals surface area contributed by atoms with Crippen molar-refractivity contribution >= 4 is 21.6 Å². The van der Waals surface area contributed by atoms with Gasteiger partial charge in [-0.2, -0.15) is 0 Å². The molecule has 2 aromatic rings. The maximum Gasteiger partial charge on any atom is 0.215 e. The van der Waals surface area contributed by atoms with Gasteiger partial charge in [0.25, 0.3) is 0 Å². The van der Waals surface area contributed by atoms with E-state index in [1.165, 1.54) is 11.1 Å². The average Bonchev–Trinajstić information content (AvgIpc) is 2.43. The zero-order chi connectivity index (χ0) is 16.0. The summed E-state index contributed by atoms with van der Waals surface area (Å²) >= 11 is 5.87. The van der Waals surface area contributed by atoms with E-state index in [9.17, 15) is 8.42 Å².